The van der Waals surface area contributed by atoms with Crippen LogP contribution in [0.15, 0.2) is 24.3 Å². The molecule has 1 rings (SSSR count). The van der Waals surface area contributed by atoms with Crippen LogP contribution in [-0.2, 0) is 4.79 Å². The molecule has 0 unspecified atom stereocenters. The Morgan fingerprint density at radius 3 is 2.55 bits per heavy atom. The normalized spacial score (nSPS) is 10.2. The Morgan fingerprint density at radius 2 is 1.95 bits per heavy atom. The van der Waals surface area contributed by atoms with Crippen LogP contribution in [0.5, 0.6) is 5.75 Å². The molecule has 0 bridgehead atoms. The van der Waals surface area contributed by atoms with Gasteiger partial charge in [0.15, 0.2) is 0 Å². The Labute approximate surface area is 119 Å². The van der Waals surface area contributed by atoms with E-state index in [1.54, 1.807) is 25.2 Å². The lowest BCUT2D eigenvalue weighted by molar-refractivity contribution is -0.122. The molecule has 0 heterocycles. The zero-order valence-electron chi connectivity index (χ0n) is 12.5. The first-order valence-corrected chi connectivity index (χ1v) is 6.72. The van der Waals surface area contributed by atoms with Crippen molar-refractivity contribution < 1.29 is 14.3 Å². The fourth-order valence-electron chi connectivity index (χ4n) is 1.79. The van der Waals surface area contributed by atoms with Gasteiger partial charge in [0, 0.05) is 13.1 Å². The first-order chi connectivity index (χ1) is 9.45. The third kappa shape index (κ3) is 4.57. The van der Waals surface area contributed by atoms with Crippen molar-refractivity contribution in [3.8, 4) is 5.75 Å². The smallest absolute Gasteiger partial charge is 0.257 e. The van der Waals surface area contributed by atoms with Gasteiger partial charge in [-0.3, -0.25) is 9.59 Å². The largest absolute Gasteiger partial charge is 0.493 e. The van der Waals surface area contributed by atoms with Crippen LogP contribution in [0, 0.1) is 0 Å². The predicted octanol–water partition coefficient (Wildman–Crippen LogP) is 1.68. The van der Waals surface area contributed by atoms with Crippen molar-refractivity contribution >= 4 is 11.8 Å². The summed E-state index contributed by atoms with van der Waals surface area (Å²) in [7, 11) is 1.60. The predicted molar refractivity (Wildman–Crippen MR) is 77.9 cm³/mol. The van der Waals surface area contributed by atoms with E-state index in [0.29, 0.717) is 17.9 Å². The quantitative estimate of drug-likeness (QED) is 0.861. The highest BCUT2D eigenvalue weighted by Crippen LogP contribution is 2.19. The van der Waals surface area contributed by atoms with Crippen molar-refractivity contribution in [2.75, 3.05) is 20.2 Å². The molecule has 0 aliphatic rings. The van der Waals surface area contributed by atoms with E-state index < -0.39 is 0 Å². The third-order valence-corrected chi connectivity index (χ3v) is 2.59. The number of benzene rings is 1. The lowest BCUT2D eigenvalue weighted by Gasteiger charge is -2.19. The van der Waals surface area contributed by atoms with Crippen LogP contribution in [0.3, 0.4) is 0 Å². The molecule has 0 fully saturated rings. The van der Waals surface area contributed by atoms with E-state index in [4.69, 9.17) is 4.74 Å². The molecule has 1 aromatic carbocycles. The number of hydrogen-bond acceptors (Lipinski definition) is 3. The number of rotatable bonds is 6. The van der Waals surface area contributed by atoms with Crippen LogP contribution in [0.2, 0.25) is 0 Å². The molecule has 0 saturated carbocycles. The van der Waals surface area contributed by atoms with Crippen molar-refractivity contribution in [1.29, 1.82) is 0 Å². The Hall–Kier alpha value is -2.04. The molecular weight excluding hydrogens is 256 g/mol. The van der Waals surface area contributed by atoms with Crippen LogP contribution >= 0.6 is 0 Å². The van der Waals surface area contributed by atoms with E-state index in [-0.39, 0.29) is 24.4 Å². The number of nitrogens with one attached hydrogen (secondary N) is 1. The SMILES string of the molecule is CCOc1ccccc1C(=O)N(C)CC(=O)NC(C)C. The Balaban J connectivity index is 2.76. The van der Waals surface area contributed by atoms with Crippen molar-refractivity contribution in [3.63, 3.8) is 0 Å². The second-order valence-corrected chi connectivity index (χ2v) is 4.81. The average molecular weight is 278 g/mol. The van der Waals surface area contributed by atoms with Gasteiger partial charge >= 0.3 is 0 Å². The summed E-state index contributed by atoms with van der Waals surface area (Å²) in [5.41, 5.74) is 0.467. The number of carbonyl (C=O) groups is 2. The first kappa shape index (κ1) is 16.0. The maximum atomic E-state index is 12.3. The number of likely N-dealkylation sites (N-methyl/N-ethyl adjacent to an activating group) is 1. The molecule has 110 valence electrons. The van der Waals surface area contributed by atoms with E-state index in [0.717, 1.165) is 0 Å². The standard InChI is InChI=1S/C15H22N2O3/c1-5-20-13-9-7-6-8-12(13)15(19)17(4)10-14(18)16-11(2)3/h6-9,11H,5,10H2,1-4H3,(H,16,18). The summed E-state index contributed by atoms with van der Waals surface area (Å²) in [4.78, 5) is 25.4. The molecule has 20 heavy (non-hydrogen) atoms. The highest BCUT2D eigenvalue weighted by Gasteiger charge is 2.18. The van der Waals surface area contributed by atoms with Crippen LogP contribution in [0.1, 0.15) is 31.1 Å². The average Bonchev–Trinajstić information content (AvgIpc) is 2.37. The van der Waals surface area contributed by atoms with Crippen LogP contribution in [0.4, 0.5) is 0 Å². The van der Waals surface area contributed by atoms with Crippen LogP contribution in [-0.4, -0.2) is 43.0 Å². The van der Waals surface area contributed by atoms with E-state index in [1.807, 2.05) is 26.8 Å². The number of hydrogen-bond donors (Lipinski definition) is 1. The van der Waals surface area contributed by atoms with Gasteiger partial charge in [-0.15, -0.1) is 0 Å². The number of carbonyl (C=O) groups excluding carboxylic acids is 2. The van der Waals surface area contributed by atoms with E-state index in [2.05, 4.69) is 5.32 Å². The molecular formula is C15H22N2O3. The molecule has 0 aliphatic heterocycles. The van der Waals surface area contributed by atoms with Gasteiger partial charge in [0.05, 0.1) is 18.7 Å². The number of para-hydroxylation sites is 1. The number of amides is 2. The topological polar surface area (TPSA) is 58.6 Å². The van der Waals surface area contributed by atoms with Gasteiger partial charge in [-0.1, -0.05) is 12.1 Å². The molecule has 1 N–H and O–H groups in total. The highest BCUT2D eigenvalue weighted by atomic mass is 16.5. The third-order valence-electron chi connectivity index (χ3n) is 2.59. The molecule has 0 aliphatic carbocycles. The minimum Gasteiger partial charge on any atom is -0.493 e. The second kappa shape index (κ2) is 7.53. The highest BCUT2D eigenvalue weighted by molar-refractivity contribution is 5.98. The molecule has 5 nitrogen and oxygen atoms in total. The van der Waals surface area contributed by atoms with Gasteiger partial charge < -0.3 is 15.0 Å². The lowest BCUT2D eigenvalue weighted by atomic mass is 10.1. The molecule has 0 saturated heterocycles. The van der Waals surface area contributed by atoms with Gasteiger partial charge in [0.25, 0.3) is 5.91 Å². The maximum Gasteiger partial charge on any atom is 0.257 e. The van der Waals surface area contributed by atoms with Crippen LogP contribution < -0.4 is 10.1 Å². The second-order valence-electron chi connectivity index (χ2n) is 4.81. The summed E-state index contributed by atoms with van der Waals surface area (Å²) in [5, 5.41) is 2.76. The molecule has 0 atom stereocenters. The van der Waals surface area contributed by atoms with Gasteiger partial charge in [-0.25, -0.2) is 0 Å². The van der Waals surface area contributed by atoms with E-state index in [9.17, 15) is 9.59 Å². The van der Waals surface area contributed by atoms with Crippen molar-refractivity contribution in [1.82, 2.24) is 10.2 Å². The molecule has 0 spiro atoms. The Kier molecular flexibility index (Phi) is 6.03. The summed E-state index contributed by atoms with van der Waals surface area (Å²) in [5.74, 6) is 0.133. The summed E-state index contributed by atoms with van der Waals surface area (Å²) < 4.78 is 5.43. The van der Waals surface area contributed by atoms with Crippen molar-refractivity contribution in [2.24, 2.45) is 0 Å². The minimum absolute atomic E-state index is 0.0253. The summed E-state index contributed by atoms with van der Waals surface area (Å²) in [6, 6.07) is 7.09. The minimum atomic E-state index is -0.229. The van der Waals surface area contributed by atoms with E-state index >= 15 is 0 Å². The van der Waals surface area contributed by atoms with Crippen molar-refractivity contribution in [2.45, 2.75) is 26.8 Å². The molecule has 5 heteroatoms. The van der Waals surface area contributed by atoms with Gasteiger partial charge in [-0.05, 0) is 32.9 Å². The fourth-order valence-corrected chi connectivity index (χ4v) is 1.79. The maximum absolute atomic E-state index is 12.3. The number of ether oxygens (including phenoxy) is 1. The summed E-state index contributed by atoms with van der Waals surface area (Å²) >= 11 is 0. The zero-order valence-corrected chi connectivity index (χ0v) is 12.5. The Morgan fingerprint density at radius 1 is 1.30 bits per heavy atom. The van der Waals surface area contributed by atoms with Gasteiger partial charge in [0.1, 0.15) is 5.75 Å². The first-order valence-electron chi connectivity index (χ1n) is 6.72. The molecule has 0 aromatic heterocycles. The van der Waals surface area contributed by atoms with Gasteiger partial charge in [0.2, 0.25) is 5.91 Å². The summed E-state index contributed by atoms with van der Waals surface area (Å²) in [6.07, 6.45) is 0. The monoisotopic (exact) mass is 278 g/mol. The van der Waals surface area contributed by atoms with E-state index in [1.165, 1.54) is 4.90 Å². The molecule has 0 radical (unpaired) electrons. The fraction of sp³-hybridized carbons (Fsp3) is 0.467. The van der Waals surface area contributed by atoms with Gasteiger partial charge in [-0.2, -0.15) is 0 Å². The number of nitrogens with zero attached hydrogens (tertiary/aromatic N) is 1. The van der Waals surface area contributed by atoms with Crippen LogP contribution in [0.25, 0.3) is 0 Å². The van der Waals surface area contributed by atoms with Crippen molar-refractivity contribution in [3.05, 3.63) is 29.8 Å². The molecule has 2 amide bonds. The zero-order chi connectivity index (χ0) is 15.1. The summed E-state index contributed by atoms with van der Waals surface area (Å²) in [6.45, 7) is 6.13. The lowest BCUT2D eigenvalue weighted by Crippen LogP contribution is -2.40. The molecule has 1 aromatic rings. The Bertz CT molecular complexity index is 472.